The van der Waals surface area contributed by atoms with Crippen molar-refractivity contribution in [3.8, 4) is 5.88 Å². The van der Waals surface area contributed by atoms with Crippen molar-refractivity contribution in [2.75, 3.05) is 13.7 Å². The van der Waals surface area contributed by atoms with E-state index in [-0.39, 0.29) is 18.5 Å². The number of aromatic nitrogens is 1. The number of nitrogens with zero attached hydrogens (tertiary/aromatic N) is 3. The number of hydrogen-bond acceptors (Lipinski definition) is 7. The molecular formula is C24H23FN6O2S. The second-order valence-electron chi connectivity index (χ2n) is 8.17. The number of carbonyl (C=O) groups excluding carboxylic acids is 1. The summed E-state index contributed by atoms with van der Waals surface area (Å²) in [6.45, 7) is 0.515. The van der Waals surface area contributed by atoms with Crippen LogP contribution in [0.1, 0.15) is 24.0 Å². The van der Waals surface area contributed by atoms with Gasteiger partial charge >= 0.3 is 0 Å². The van der Waals surface area contributed by atoms with Crippen molar-refractivity contribution in [3.63, 3.8) is 0 Å². The molecule has 5 rings (SSSR count). The predicted octanol–water partition coefficient (Wildman–Crippen LogP) is 2.45. The molecule has 1 fully saturated rings. The van der Waals surface area contributed by atoms with E-state index >= 15 is 0 Å². The van der Waals surface area contributed by atoms with Gasteiger partial charge in [0.15, 0.2) is 0 Å². The Balaban J connectivity index is 1.48. The van der Waals surface area contributed by atoms with Crippen LogP contribution in [0, 0.1) is 5.82 Å². The highest BCUT2D eigenvalue weighted by Gasteiger charge is 2.34. The minimum Gasteiger partial charge on any atom is -0.481 e. The smallest absolute Gasteiger partial charge is 0.252 e. The summed E-state index contributed by atoms with van der Waals surface area (Å²) < 4.78 is 19.1. The Bertz CT molecular complexity index is 1240. The Morgan fingerprint density at radius 1 is 1.35 bits per heavy atom. The van der Waals surface area contributed by atoms with Crippen molar-refractivity contribution in [1.82, 2.24) is 26.1 Å². The Kier molecular flexibility index (Phi) is 6.08. The summed E-state index contributed by atoms with van der Waals surface area (Å²) >= 11 is 5.15. The lowest BCUT2D eigenvalue weighted by molar-refractivity contribution is -0.118. The van der Waals surface area contributed by atoms with E-state index in [2.05, 4.69) is 21.0 Å². The van der Waals surface area contributed by atoms with Gasteiger partial charge in [0.2, 0.25) is 5.88 Å². The molecule has 0 unspecified atom stereocenters. The predicted molar refractivity (Wildman–Crippen MR) is 130 cm³/mol. The van der Waals surface area contributed by atoms with Gasteiger partial charge in [0.25, 0.3) is 5.91 Å². The third-order valence-corrected chi connectivity index (χ3v) is 6.17. The molecule has 8 nitrogen and oxygen atoms in total. The molecule has 174 valence electrons. The lowest BCUT2D eigenvalue weighted by Crippen LogP contribution is -2.45. The van der Waals surface area contributed by atoms with Crippen LogP contribution in [0.25, 0.3) is 5.57 Å². The normalized spacial score (nSPS) is 18.9. The number of fused-ring (bicyclic) bond motifs is 1. The highest BCUT2D eigenvalue weighted by Crippen LogP contribution is 2.27. The highest BCUT2D eigenvalue weighted by atomic mass is 32.1. The first kappa shape index (κ1) is 22.2. The number of thiocarbonyl (C=S) groups is 1. The van der Waals surface area contributed by atoms with Crippen LogP contribution >= 0.6 is 12.2 Å². The largest absolute Gasteiger partial charge is 0.481 e. The molecule has 3 heterocycles. The van der Waals surface area contributed by atoms with Gasteiger partial charge in [-0.2, -0.15) is 0 Å². The molecule has 1 aromatic carbocycles. The molecule has 2 aliphatic heterocycles. The first-order valence-corrected chi connectivity index (χ1v) is 11.3. The summed E-state index contributed by atoms with van der Waals surface area (Å²) in [4.78, 5) is 22.6. The fourth-order valence-corrected chi connectivity index (χ4v) is 4.43. The number of nitrogens with one attached hydrogen (secondary N) is 3. The minimum atomic E-state index is -0.463. The van der Waals surface area contributed by atoms with Gasteiger partial charge in [0, 0.05) is 29.9 Å². The molecule has 1 saturated carbocycles. The van der Waals surface area contributed by atoms with E-state index in [1.54, 1.807) is 5.01 Å². The first-order chi connectivity index (χ1) is 16.5. The van der Waals surface area contributed by atoms with Crippen LogP contribution in [0.4, 0.5) is 4.39 Å². The molecule has 1 aliphatic carbocycles. The van der Waals surface area contributed by atoms with Gasteiger partial charge in [-0.1, -0.05) is 42.5 Å². The van der Waals surface area contributed by atoms with Crippen molar-refractivity contribution in [2.24, 2.45) is 4.99 Å². The molecular weight excluding hydrogens is 455 g/mol. The number of halogens is 1. The molecule has 3 aliphatic rings. The number of hydrogen-bond donors (Lipinski definition) is 3. The summed E-state index contributed by atoms with van der Waals surface area (Å²) in [5.41, 5.74) is 6.10. The number of hydrazine groups is 1. The van der Waals surface area contributed by atoms with E-state index in [1.807, 2.05) is 36.5 Å². The van der Waals surface area contributed by atoms with Gasteiger partial charge in [0.05, 0.1) is 25.4 Å². The lowest BCUT2D eigenvalue weighted by Gasteiger charge is -2.29. The fraction of sp³-hybridized carbons (Fsp3) is 0.250. The summed E-state index contributed by atoms with van der Waals surface area (Å²) in [7, 11) is 1.48. The van der Waals surface area contributed by atoms with Crippen molar-refractivity contribution in [1.29, 1.82) is 0 Å². The van der Waals surface area contributed by atoms with Gasteiger partial charge in [-0.15, -0.1) is 0 Å². The maximum absolute atomic E-state index is 13.8. The van der Waals surface area contributed by atoms with Gasteiger partial charge < -0.3 is 15.4 Å². The number of amidine groups is 1. The number of benzene rings is 1. The monoisotopic (exact) mass is 478 g/mol. The molecule has 1 aromatic heterocycles. The molecule has 1 amide bonds. The van der Waals surface area contributed by atoms with Crippen LogP contribution in [0.3, 0.4) is 0 Å². The fourth-order valence-electron chi connectivity index (χ4n) is 4.02. The SMILES string of the molecule is COc1ncc(F)cc1CN=C1NC2=C(C(=O)NC3CC(=S)C3)CNN2C=C1c1ccccc1. The zero-order valence-corrected chi connectivity index (χ0v) is 19.3. The highest BCUT2D eigenvalue weighted by molar-refractivity contribution is 7.80. The molecule has 0 saturated heterocycles. The average molecular weight is 479 g/mol. The van der Waals surface area contributed by atoms with Crippen LogP contribution in [-0.2, 0) is 11.3 Å². The summed E-state index contributed by atoms with van der Waals surface area (Å²) in [5, 5.41) is 8.16. The van der Waals surface area contributed by atoms with E-state index in [0.29, 0.717) is 35.2 Å². The number of amides is 1. The van der Waals surface area contributed by atoms with E-state index in [4.69, 9.17) is 21.9 Å². The number of aliphatic imine (C=N–C) groups is 1. The number of pyridine rings is 1. The van der Waals surface area contributed by atoms with Gasteiger partial charge in [-0.3, -0.25) is 14.8 Å². The molecule has 0 radical (unpaired) electrons. The molecule has 3 N–H and O–H groups in total. The molecule has 10 heteroatoms. The molecule has 0 spiro atoms. The molecule has 34 heavy (non-hydrogen) atoms. The van der Waals surface area contributed by atoms with Crippen molar-refractivity contribution >= 4 is 34.4 Å². The maximum Gasteiger partial charge on any atom is 0.252 e. The van der Waals surface area contributed by atoms with Gasteiger partial charge in [0.1, 0.15) is 17.5 Å². The Hall–Kier alpha value is -3.63. The van der Waals surface area contributed by atoms with E-state index in [1.165, 1.54) is 13.2 Å². The second-order valence-corrected chi connectivity index (χ2v) is 8.75. The minimum absolute atomic E-state index is 0.0854. The Morgan fingerprint density at radius 3 is 2.88 bits per heavy atom. The zero-order chi connectivity index (χ0) is 23.7. The third-order valence-electron chi connectivity index (χ3n) is 5.84. The van der Waals surface area contributed by atoms with Crippen molar-refractivity contribution < 1.29 is 13.9 Å². The number of carbonyl (C=O) groups is 1. The van der Waals surface area contributed by atoms with Crippen molar-refractivity contribution in [2.45, 2.75) is 25.4 Å². The first-order valence-electron chi connectivity index (χ1n) is 10.9. The van der Waals surface area contributed by atoms with E-state index < -0.39 is 5.82 Å². The summed E-state index contributed by atoms with van der Waals surface area (Å²) in [6, 6.07) is 11.2. The molecule has 2 aromatic rings. The van der Waals surface area contributed by atoms with Crippen LogP contribution in [0.15, 0.2) is 65.2 Å². The topological polar surface area (TPSA) is 90.9 Å². The van der Waals surface area contributed by atoms with Crippen LogP contribution < -0.4 is 20.8 Å². The Labute approximate surface area is 201 Å². The maximum atomic E-state index is 13.8. The van der Waals surface area contributed by atoms with Crippen LogP contribution in [0.2, 0.25) is 0 Å². The number of rotatable bonds is 6. The van der Waals surface area contributed by atoms with Crippen molar-refractivity contribution in [3.05, 3.63) is 77.1 Å². The van der Waals surface area contributed by atoms with Gasteiger partial charge in [-0.25, -0.2) is 14.8 Å². The quantitative estimate of drug-likeness (QED) is 0.550. The summed E-state index contributed by atoms with van der Waals surface area (Å²) in [6.07, 6.45) is 4.49. The van der Waals surface area contributed by atoms with Gasteiger partial charge in [-0.05, 0) is 29.3 Å². The summed E-state index contributed by atoms with van der Waals surface area (Å²) in [5.74, 6) is 0.880. The Morgan fingerprint density at radius 2 is 2.15 bits per heavy atom. The standard InChI is InChI=1S/C24H23FN6O2S/c1-33-24-15(7-16(25)11-27-24)10-26-21-20(14-5-3-2-4-6-14)13-31-22(30-21)19(12-28-31)23(32)29-17-8-18(34)9-17/h2-7,11,13,17,28H,8-10,12H2,1H3,(H,26,30)(H,29,32). The lowest BCUT2D eigenvalue weighted by atomic mass is 9.92. The van der Waals surface area contributed by atoms with Crippen LogP contribution in [-0.4, -0.2) is 46.3 Å². The zero-order valence-electron chi connectivity index (χ0n) is 18.5. The van der Waals surface area contributed by atoms with Crippen LogP contribution in [0.5, 0.6) is 5.88 Å². The third kappa shape index (κ3) is 4.42. The number of methoxy groups -OCH3 is 1. The molecule has 0 bridgehead atoms. The number of ether oxygens (including phenoxy) is 1. The second kappa shape index (κ2) is 9.32. The molecule has 0 atom stereocenters. The van der Waals surface area contributed by atoms with E-state index in [0.717, 1.165) is 35.0 Å². The average Bonchev–Trinajstić information content (AvgIpc) is 3.24. The van der Waals surface area contributed by atoms with E-state index in [9.17, 15) is 9.18 Å².